The van der Waals surface area contributed by atoms with E-state index in [1.807, 2.05) is 9.80 Å². The molecular formula is C20H28N4O5. The molecule has 2 aliphatic heterocycles. The molecule has 29 heavy (non-hydrogen) atoms. The van der Waals surface area contributed by atoms with Crippen molar-refractivity contribution in [1.29, 1.82) is 0 Å². The number of rotatable bonds is 4. The second-order valence-corrected chi connectivity index (χ2v) is 7.25. The van der Waals surface area contributed by atoms with Gasteiger partial charge in [-0.05, 0) is 43.9 Å². The third-order valence-electron chi connectivity index (χ3n) is 5.46. The van der Waals surface area contributed by atoms with Crippen LogP contribution < -0.4 is 20.3 Å². The van der Waals surface area contributed by atoms with Crippen LogP contribution in [0.25, 0.3) is 0 Å². The van der Waals surface area contributed by atoms with Crippen molar-refractivity contribution < 1.29 is 23.9 Å². The summed E-state index contributed by atoms with van der Waals surface area (Å²) in [5.41, 5.74) is 5.27. The Morgan fingerprint density at radius 3 is 2.14 bits per heavy atom. The number of benzene rings is 1. The normalized spacial score (nSPS) is 17.0. The van der Waals surface area contributed by atoms with Crippen LogP contribution >= 0.6 is 0 Å². The summed E-state index contributed by atoms with van der Waals surface area (Å²) >= 11 is 0. The van der Waals surface area contributed by atoms with Gasteiger partial charge in [0.25, 0.3) is 5.91 Å². The zero-order valence-corrected chi connectivity index (χ0v) is 16.9. The van der Waals surface area contributed by atoms with Crippen molar-refractivity contribution in [1.82, 2.24) is 20.7 Å². The van der Waals surface area contributed by atoms with Gasteiger partial charge in [0.2, 0.25) is 5.91 Å². The highest BCUT2D eigenvalue weighted by molar-refractivity contribution is 5.96. The van der Waals surface area contributed by atoms with Crippen LogP contribution in [0.15, 0.2) is 18.2 Å². The quantitative estimate of drug-likeness (QED) is 0.739. The number of ether oxygens (including phenoxy) is 2. The number of likely N-dealkylation sites (tertiary alicyclic amines) is 2. The van der Waals surface area contributed by atoms with E-state index in [4.69, 9.17) is 9.47 Å². The molecule has 4 amide bonds. The molecule has 2 fully saturated rings. The molecule has 2 heterocycles. The first kappa shape index (κ1) is 20.8. The molecule has 9 nitrogen and oxygen atoms in total. The number of hydrogen-bond acceptors (Lipinski definition) is 5. The third-order valence-corrected chi connectivity index (χ3v) is 5.46. The lowest BCUT2D eigenvalue weighted by molar-refractivity contribution is -0.127. The van der Waals surface area contributed by atoms with E-state index in [0.717, 1.165) is 25.9 Å². The van der Waals surface area contributed by atoms with Gasteiger partial charge in [0, 0.05) is 37.7 Å². The van der Waals surface area contributed by atoms with Crippen molar-refractivity contribution in [3.8, 4) is 11.5 Å². The second kappa shape index (κ2) is 9.49. The van der Waals surface area contributed by atoms with Crippen molar-refractivity contribution in [2.45, 2.75) is 25.7 Å². The number of hydrogen-bond donors (Lipinski definition) is 2. The molecular weight excluding hydrogens is 376 g/mol. The summed E-state index contributed by atoms with van der Waals surface area (Å²) in [6.45, 7) is 2.75. The largest absolute Gasteiger partial charge is 0.493 e. The van der Waals surface area contributed by atoms with Crippen LogP contribution in [-0.4, -0.2) is 68.0 Å². The van der Waals surface area contributed by atoms with E-state index in [1.54, 1.807) is 18.2 Å². The zero-order chi connectivity index (χ0) is 20.8. The Morgan fingerprint density at radius 2 is 1.52 bits per heavy atom. The Bertz CT molecular complexity index is 755. The highest BCUT2D eigenvalue weighted by atomic mass is 16.5. The molecule has 0 unspecified atom stereocenters. The minimum atomic E-state index is -0.444. The van der Waals surface area contributed by atoms with Gasteiger partial charge in [0.05, 0.1) is 14.2 Å². The van der Waals surface area contributed by atoms with Gasteiger partial charge >= 0.3 is 6.03 Å². The number of carbonyl (C=O) groups excluding carboxylic acids is 3. The number of piperidine rings is 1. The molecule has 9 heteroatoms. The molecule has 0 bridgehead atoms. The van der Waals surface area contributed by atoms with Gasteiger partial charge in [0.1, 0.15) is 0 Å². The van der Waals surface area contributed by atoms with Crippen molar-refractivity contribution in [3.05, 3.63) is 23.8 Å². The molecule has 1 aromatic carbocycles. The van der Waals surface area contributed by atoms with E-state index in [2.05, 4.69) is 10.9 Å². The lowest BCUT2D eigenvalue weighted by Crippen LogP contribution is -2.50. The van der Waals surface area contributed by atoms with Crippen molar-refractivity contribution in [2.75, 3.05) is 40.4 Å². The number of amides is 4. The SMILES string of the molecule is COc1ccc(C(=O)NNC(=O)C2CCN(C(=O)N3CCCC3)CC2)cc1OC. The Kier molecular flexibility index (Phi) is 6.79. The first-order valence-corrected chi connectivity index (χ1v) is 9.89. The maximum Gasteiger partial charge on any atom is 0.319 e. The number of nitrogens with zero attached hydrogens (tertiary/aromatic N) is 2. The van der Waals surface area contributed by atoms with E-state index in [0.29, 0.717) is 43.0 Å². The summed E-state index contributed by atoms with van der Waals surface area (Å²) in [5.74, 6) is 0.0289. The summed E-state index contributed by atoms with van der Waals surface area (Å²) in [7, 11) is 3.00. The molecule has 0 radical (unpaired) electrons. The topological polar surface area (TPSA) is 100 Å². The number of hydrazine groups is 1. The zero-order valence-electron chi connectivity index (χ0n) is 16.9. The number of methoxy groups -OCH3 is 2. The first-order valence-electron chi connectivity index (χ1n) is 9.89. The molecule has 1 aromatic rings. The molecule has 0 aromatic heterocycles. The summed E-state index contributed by atoms with van der Waals surface area (Å²) in [6.07, 6.45) is 3.28. The minimum absolute atomic E-state index is 0.0723. The van der Waals surface area contributed by atoms with Crippen LogP contribution in [0.1, 0.15) is 36.0 Å². The molecule has 0 aliphatic carbocycles. The Hall–Kier alpha value is -2.97. The summed E-state index contributed by atoms with van der Waals surface area (Å²) in [5, 5.41) is 0. The number of nitrogens with one attached hydrogen (secondary N) is 2. The van der Waals surface area contributed by atoms with E-state index in [-0.39, 0.29) is 17.9 Å². The second-order valence-electron chi connectivity index (χ2n) is 7.25. The van der Waals surface area contributed by atoms with Crippen LogP contribution in [0.4, 0.5) is 4.79 Å². The molecule has 2 saturated heterocycles. The van der Waals surface area contributed by atoms with Crippen LogP contribution in [0.2, 0.25) is 0 Å². The molecule has 0 spiro atoms. The first-order chi connectivity index (χ1) is 14.0. The summed E-state index contributed by atoms with van der Waals surface area (Å²) in [6, 6.07) is 4.83. The molecule has 0 atom stereocenters. The van der Waals surface area contributed by atoms with Gasteiger partial charge in [-0.25, -0.2) is 4.79 Å². The average molecular weight is 404 g/mol. The van der Waals surface area contributed by atoms with E-state index >= 15 is 0 Å². The van der Waals surface area contributed by atoms with E-state index < -0.39 is 5.91 Å². The summed E-state index contributed by atoms with van der Waals surface area (Å²) in [4.78, 5) is 40.8. The van der Waals surface area contributed by atoms with Crippen LogP contribution in [0, 0.1) is 5.92 Å². The Labute approximate surface area is 170 Å². The number of carbonyl (C=O) groups is 3. The van der Waals surface area contributed by atoms with Crippen LogP contribution in [0.5, 0.6) is 11.5 Å². The highest BCUT2D eigenvalue weighted by Gasteiger charge is 2.30. The molecule has 158 valence electrons. The fourth-order valence-electron chi connectivity index (χ4n) is 3.71. The maximum absolute atomic E-state index is 12.4. The molecule has 2 N–H and O–H groups in total. The van der Waals surface area contributed by atoms with Crippen molar-refractivity contribution >= 4 is 17.8 Å². The van der Waals surface area contributed by atoms with Gasteiger partial charge < -0.3 is 19.3 Å². The average Bonchev–Trinajstić information content (AvgIpc) is 3.31. The molecule has 0 saturated carbocycles. The maximum atomic E-state index is 12.4. The fourth-order valence-corrected chi connectivity index (χ4v) is 3.71. The predicted molar refractivity (Wildman–Crippen MR) is 106 cm³/mol. The Balaban J connectivity index is 1.46. The van der Waals surface area contributed by atoms with Crippen LogP contribution in [-0.2, 0) is 4.79 Å². The standard InChI is InChI=1S/C20H28N4O5/c1-28-16-6-5-15(13-17(16)29-2)19(26)22-21-18(25)14-7-11-24(12-8-14)20(27)23-9-3-4-10-23/h5-6,13-14H,3-4,7-12H2,1-2H3,(H,21,25)(H,22,26). The van der Waals surface area contributed by atoms with Gasteiger partial charge in [-0.2, -0.15) is 0 Å². The fraction of sp³-hybridized carbons (Fsp3) is 0.550. The number of urea groups is 1. The van der Waals surface area contributed by atoms with Crippen LogP contribution in [0.3, 0.4) is 0 Å². The summed E-state index contributed by atoms with van der Waals surface area (Å²) < 4.78 is 10.3. The van der Waals surface area contributed by atoms with Gasteiger partial charge in [-0.1, -0.05) is 0 Å². The minimum Gasteiger partial charge on any atom is -0.493 e. The lowest BCUT2D eigenvalue weighted by Gasteiger charge is -2.34. The predicted octanol–water partition coefficient (Wildman–Crippen LogP) is 1.39. The van der Waals surface area contributed by atoms with Gasteiger partial charge in [-0.3, -0.25) is 20.4 Å². The van der Waals surface area contributed by atoms with Crippen molar-refractivity contribution in [2.24, 2.45) is 5.92 Å². The Morgan fingerprint density at radius 1 is 0.897 bits per heavy atom. The van der Waals surface area contributed by atoms with E-state index in [9.17, 15) is 14.4 Å². The molecule has 3 rings (SSSR count). The third kappa shape index (κ3) is 4.90. The van der Waals surface area contributed by atoms with Gasteiger partial charge in [-0.15, -0.1) is 0 Å². The molecule has 2 aliphatic rings. The smallest absolute Gasteiger partial charge is 0.319 e. The highest BCUT2D eigenvalue weighted by Crippen LogP contribution is 2.27. The van der Waals surface area contributed by atoms with Gasteiger partial charge in [0.15, 0.2) is 11.5 Å². The monoisotopic (exact) mass is 404 g/mol. The lowest BCUT2D eigenvalue weighted by atomic mass is 9.96. The van der Waals surface area contributed by atoms with Crippen molar-refractivity contribution in [3.63, 3.8) is 0 Å². The van der Waals surface area contributed by atoms with E-state index in [1.165, 1.54) is 14.2 Å².